The van der Waals surface area contributed by atoms with Crippen molar-refractivity contribution in [1.29, 1.82) is 0 Å². The van der Waals surface area contributed by atoms with Gasteiger partial charge in [0.1, 0.15) is 11.6 Å². The van der Waals surface area contributed by atoms with Crippen LogP contribution in [-0.4, -0.2) is 9.55 Å². The number of nitrogens with zero attached hydrogens (tertiary/aromatic N) is 2. The summed E-state index contributed by atoms with van der Waals surface area (Å²) < 4.78 is 29.4. The molecule has 0 bridgehead atoms. The van der Waals surface area contributed by atoms with Crippen LogP contribution in [0.3, 0.4) is 0 Å². The van der Waals surface area contributed by atoms with Crippen LogP contribution in [0.15, 0.2) is 55.1 Å². The molecule has 7 heteroatoms. The molecule has 2 aromatic carbocycles. The van der Waals surface area contributed by atoms with E-state index in [9.17, 15) is 8.78 Å². The van der Waals surface area contributed by atoms with E-state index in [0.29, 0.717) is 27.9 Å². The molecule has 0 N–H and O–H groups in total. The molecular formula is C18H14Cl2F2N2S. The summed E-state index contributed by atoms with van der Waals surface area (Å²) in [5.74, 6) is -0.570. The first kappa shape index (κ1) is 18.2. The third-order valence-corrected chi connectivity index (χ3v) is 5.57. The maximum Gasteiger partial charge on any atom is 0.130 e. The Morgan fingerprint density at radius 2 is 1.96 bits per heavy atom. The average Bonchev–Trinajstić information content (AvgIpc) is 3.06. The summed E-state index contributed by atoms with van der Waals surface area (Å²) in [4.78, 5) is 4.01. The van der Waals surface area contributed by atoms with Crippen LogP contribution in [0.2, 0.25) is 10.0 Å². The predicted molar refractivity (Wildman–Crippen MR) is 99.1 cm³/mol. The molecule has 0 saturated heterocycles. The molecule has 2 nitrogen and oxygen atoms in total. The van der Waals surface area contributed by atoms with Crippen molar-refractivity contribution in [3.05, 3.63) is 87.9 Å². The first-order chi connectivity index (χ1) is 12.0. The highest BCUT2D eigenvalue weighted by Crippen LogP contribution is 2.36. The molecule has 0 saturated carbocycles. The Kier molecular flexibility index (Phi) is 5.99. The van der Waals surface area contributed by atoms with E-state index in [4.69, 9.17) is 23.2 Å². The molecule has 0 aliphatic carbocycles. The molecule has 0 fully saturated rings. The number of aromatic nitrogens is 2. The molecule has 3 rings (SSSR count). The minimum absolute atomic E-state index is 0.221. The normalized spacial score (nSPS) is 12.3. The summed E-state index contributed by atoms with van der Waals surface area (Å²) in [6, 6.07) is 8.98. The van der Waals surface area contributed by atoms with Crippen LogP contribution in [0.4, 0.5) is 8.78 Å². The second-order valence-electron chi connectivity index (χ2n) is 5.46. The molecule has 0 radical (unpaired) electrons. The number of hydrogen-bond acceptors (Lipinski definition) is 2. The van der Waals surface area contributed by atoms with E-state index in [1.807, 2.05) is 16.8 Å². The zero-order valence-corrected chi connectivity index (χ0v) is 15.3. The maximum absolute atomic E-state index is 14.3. The number of hydrogen-bond donors (Lipinski definition) is 0. The van der Waals surface area contributed by atoms with Gasteiger partial charge in [-0.1, -0.05) is 35.3 Å². The Morgan fingerprint density at radius 3 is 2.64 bits per heavy atom. The number of halogens is 4. The predicted octanol–water partition coefficient (Wildman–Crippen LogP) is 6.14. The summed E-state index contributed by atoms with van der Waals surface area (Å²) in [5.41, 5.74) is 1.36. The molecule has 25 heavy (non-hydrogen) atoms. The van der Waals surface area contributed by atoms with E-state index in [1.165, 1.54) is 23.9 Å². The lowest BCUT2D eigenvalue weighted by atomic mass is 10.1. The van der Waals surface area contributed by atoms with Gasteiger partial charge in [0.05, 0.1) is 11.6 Å². The summed E-state index contributed by atoms with van der Waals surface area (Å²) in [6.07, 6.45) is 5.15. The van der Waals surface area contributed by atoms with Gasteiger partial charge >= 0.3 is 0 Å². The van der Waals surface area contributed by atoms with Gasteiger partial charge in [0, 0.05) is 46.4 Å². The first-order valence-corrected chi connectivity index (χ1v) is 9.29. The molecule has 0 amide bonds. The standard InChI is InChI=1S/C18H14Cl2F2N2S/c19-13-2-1-12(16(20)7-13)10-25-18(9-24-6-5-23-11-24)15-4-3-14(21)8-17(15)22/h1-8,11,18H,9-10H2. The lowest BCUT2D eigenvalue weighted by Crippen LogP contribution is -2.07. The van der Waals surface area contributed by atoms with Crippen molar-refractivity contribution in [3.63, 3.8) is 0 Å². The molecule has 3 aromatic rings. The van der Waals surface area contributed by atoms with Crippen molar-refractivity contribution in [1.82, 2.24) is 9.55 Å². The average molecular weight is 399 g/mol. The monoisotopic (exact) mass is 398 g/mol. The van der Waals surface area contributed by atoms with Gasteiger partial charge in [-0.2, -0.15) is 0 Å². The molecule has 0 aliphatic rings. The summed E-state index contributed by atoms with van der Waals surface area (Å²) in [7, 11) is 0. The zero-order valence-electron chi connectivity index (χ0n) is 13.0. The maximum atomic E-state index is 14.3. The zero-order chi connectivity index (χ0) is 17.8. The number of benzene rings is 2. The van der Waals surface area contributed by atoms with E-state index in [0.717, 1.165) is 11.6 Å². The number of rotatable bonds is 6. The quantitative estimate of drug-likeness (QED) is 0.495. The molecule has 0 spiro atoms. The largest absolute Gasteiger partial charge is 0.336 e. The van der Waals surface area contributed by atoms with Crippen molar-refractivity contribution < 1.29 is 8.78 Å². The van der Waals surface area contributed by atoms with Crippen molar-refractivity contribution in [2.24, 2.45) is 0 Å². The summed E-state index contributed by atoms with van der Waals surface area (Å²) >= 11 is 13.7. The van der Waals surface area contributed by atoms with Crippen molar-refractivity contribution >= 4 is 35.0 Å². The topological polar surface area (TPSA) is 17.8 Å². The Morgan fingerprint density at radius 1 is 1.12 bits per heavy atom. The number of thioether (sulfide) groups is 1. The third-order valence-electron chi connectivity index (χ3n) is 3.70. The van der Waals surface area contributed by atoms with Gasteiger partial charge in [0.25, 0.3) is 0 Å². The minimum atomic E-state index is -0.589. The fourth-order valence-corrected chi connectivity index (χ4v) is 4.25. The summed E-state index contributed by atoms with van der Waals surface area (Å²) in [5, 5.41) is 0.917. The molecular weight excluding hydrogens is 385 g/mol. The molecule has 1 heterocycles. The highest BCUT2D eigenvalue weighted by atomic mass is 35.5. The van der Waals surface area contributed by atoms with Crippen LogP contribution in [0, 0.1) is 11.6 Å². The van der Waals surface area contributed by atoms with E-state index in [1.54, 1.807) is 24.7 Å². The van der Waals surface area contributed by atoms with Gasteiger partial charge in [0.2, 0.25) is 0 Å². The molecule has 130 valence electrons. The fraction of sp³-hybridized carbons (Fsp3) is 0.167. The summed E-state index contributed by atoms with van der Waals surface area (Å²) in [6.45, 7) is 0.512. The van der Waals surface area contributed by atoms with Crippen LogP contribution >= 0.6 is 35.0 Å². The number of imidazole rings is 1. The SMILES string of the molecule is Fc1ccc(C(Cn2ccnc2)SCc2ccc(Cl)cc2Cl)c(F)c1. The van der Waals surface area contributed by atoms with Gasteiger partial charge in [-0.05, 0) is 23.8 Å². The van der Waals surface area contributed by atoms with Gasteiger partial charge in [0.15, 0.2) is 0 Å². The lowest BCUT2D eigenvalue weighted by molar-refractivity contribution is 0.561. The van der Waals surface area contributed by atoms with Crippen molar-refractivity contribution in [3.8, 4) is 0 Å². The fourth-order valence-electron chi connectivity index (χ4n) is 2.42. The van der Waals surface area contributed by atoms with Crippen molar-refractivity contribution in [2.45, 2.75) is 17.5 Å². The lowest BCUT2D eigenvalue weighted by Gasteiger charge is -2.19. The smallest absolute Gasteiger partial charge is 0.130 e. The molecule has 1 aromatic heterocycles. The Hall–Kier alpha value is -1.56. The second-order valence-corrected chi connectivity index (χ2v) is 7.50. The van der Waals surface area contributed by atoms with E-state index >= 15 is 0 Å². The Balaban J connectivity index is 1.83. The van der Waals surface area contributed by atoms with Crippen LogP contribution in [0.5, 0.6) is 0 Å². The van der Waals surface area contributed by atoms with Gasteiger partial charge in [-0.25, -0.2) is 13.8 Å². The highest BCUT2D eigenvalue weighted by Gasteiger charge is 2.18. The molecule has 1 unspecified atom stereocenters. The van der Waals surface area contributed by atoms with Crippen LogP contribution in [-0.2, 0) is 12.3 Å². The van der Waals surface area contributed by atoms with E-state index < -0.39 is 11.6 Å². The third kappa shape index (κ3) is 4.75. The van der Waals surface area contributed by atoms with Gasteiger partial charge < -0.3 is 4.57 Å². The molecule has 1 atom stereocenters. The Labute approximate surface area is 158 Å². The minimum Gasteiger partial charge on any atom is -0.336 e. The van der Waals surface area contributed by atoms with Crippen LogP contribution < -0.4 is 0 Å². The highest BCUT2D eigenvalue weighted by molar-refractivity contribution is 7.98. The van der Waals surface area contributed by atoms with Crippen LogP contribution in [0.25, 0.3) is 0 Å². The first-order valence-electron chi connectivity index (χ1n) is 7.49. The molecule has 0 aliphatic heterocycles. The van der Waals surface area contributed by atoms with Crippen molar-refractivity contribution in [2.75, 3.05) is 0 Å². The van der Waals surface area contributed by atoms with Gasteiger partial charge in [-0.3, -0.25) is 0 Å². The Bertz CT molecular complexity index is 856. The van der Waals surface area contributed by atoms with Crippen LogP contribution in [0.1, 0.15) is 16.4 Å². The van der Waals surface area contributed by atoms with Gasteiger partial charge in [-0.15, -0.1) is 11.8 Å². The van der Waals surface area contributed by atoms with E-state index in [-0.39, 0.29) is 5.25 Å². The second kappa shape index (κ2) is 8.21. The van der Waals surface area contributed by atoms with E-state index in [2.05, 4.69) is 4.98 Å².